The van der Waals surface area contributed by atoms with E-state index in [0.717, 1.165) is 0 Å². The Morgan fingerprint density at radius 3 is 2.58 bits per heavy atom. The van der Waals surface area contributed by atoms with Gasteiger partial charge in [0, 0.05) is 19.7 Å². The predicted octanol–water partition coefficient (Wildman–Crippen LogP) is 1.14. The van der Waals surface area contributed by atoms with Gasteiger partial charge in [0.1, 0.15) is 6.04 Å². The molecule has 0 radical (unpaired) electrons. The molecule has 2 atom stereocenters. The Hall–Kier alpha value is -2.48. The quantitative estimate of drug-likeness (QED) is 0.436. The first-order valence-electron chi connectivity index (χ1n) is 7.59. The molecule has 24 heavy (non-hydrogen) atoms. The van der Waals surface area contributed by atoms with Crippen LogP contribution in [0.3, 0.4) is 0 Å². The molecule has 8 nitrogen and oxygen atoms in total. The molecule has 1 amide bonds. The van der Waals surface area contributed by atoms with Crippen molar-refractivity contribution in [1.82, 2.24) is 10.3 Å². The van der Waals surface area contributed by atoms with Crippen LogP contribution in [0.1, 0.15) is 38.5 Å². The Labute approximate surface area is 140 Å². The van der Waals surface area contributed by atoms with Gasteiger partial charge >= 0.3 is 5.97 Å². The van der Waals surface area contributed by atoms with E-state index in [-0.39, 0.29) is 18.9 Å². The average Bonchev–Trinajstić information content (AvgIpc) is 3.05. The third kappa shape index (κ3) is 5.96. The summed E-state index contributed by atoms with van der Waals surface area (Å²) in [5, 5.41) is 9.46. The summed E-state index contributed by atoms with van der Waals surface area (Å²) in [6, 6.07) is 2.42. The second kappa shape index (κ2) is 9.61. The van der Waals surface area contributed by atoms with Crippen LogP contribution in [0.25, 0.3) is 0 Å². The van der Waals surface area contributed by atoms with Crippen LogP contribution in [0.5, 0.6) is 0 Å². The number of methoxy groups -OCH3 is 1. The fourth-order valence-electron chi connectivity index (χ4n) is 2.05. The maximum Gasteiger partial charge on any atom is 0.328 e. The van der Waals surface area contributed by atoms with Crippen LogP contribution >= 0.6 is 0 Å². The van der Waals surface area contributed by atoms with Crippen LogP contribution in [0, 0.1) is 5.41 Å². The number of ether oxygens (including phenoxy) is 2. The standard InChI is InChI=1S/C16H23N3O5/c1-10(2)24-16(22)13(7-6-11(20)9-17)19-15(21)14(23-3)12-5-4-8-18-12/h4-5,8-10,13-14,17-18H,6-7H2,1-3H3,(H,19,21)/t13-,14+/m0/s1. The van der Waals surface area contributed by atoms with E-state index >= 15 is 0 Å². The lowest BCUT2D eigenvalue weighted by molar-refractivity contribution is -0.152. The number of hydrogen-bond donors (Lipinski definition) is 3. The molecule has 0 unspecified atom stereocenters. The summed E-state index contributed by atoms with van der Waals surface area (Å²) in [4.78, 5) is 38.7. The molecular formula is C16H23N3O5. The highest BCUT2D eigenvalue weighted by Gasteiger charge is 2.28. The van der Waals surface area contributed by atoms with Gasteiger partial charge in [0.25, 0.3) is 5.91 Å². The van der Waals surface area contributed by atoms with E-state index in [4.69, 9.17) is 14.9 Å². The second-order valence-electron chi connectivity index (χ2n) is 5.44. The summed E-state index contributed by atoms with van der Waals surface area (Å²) in [5.41, 5.74) is 0.543. The first kappa shape index (κ1) is 19.6. The van der Waals surface area contributed by atoms with Gasteiger partial charge in [-0.1, -0.05) is 0 Å². The molecule has 0 spiro atoms. The van der Waals surface area contributed by atoms with E-state index < -0.39 is 29.8 Å². The van der Waals surface area contributed by atoms with Gasteiger partial charge in [0.15, 0.2) is 11.9 Å². The monoisotopic (exact) mass is 337 g/mol. The molecule has 0 aromatic carbocycles. The third-order valence-corrected chi connectivity index (χ3v) is 3.17. The fourth-order valence-corrected chi connectivity index (χ4v) is 2.05. The van der Waals surface area contributed by atoms with E-state index in [1.807, 2.05) is 0 Å². The summed E-state index contributed by atoms with van der Waals surface area (Å²) in [7, 11) is 1.38. The zero-order valence-corrected chi connectivity index (χ0v) is 14.0. The molecule has 1 heterocycles. The largest absolute Gasteiger partial charge is 0.461 e. The van der Waals surface area contributed by atoms with Crippen LogP contribution in [0.4, 0.5) is 0 Å². The summed E-state index contributed by atoms with van der Waals surface area (Å²) >= 11 is 0. The zero-order chi connectivity index (χ0) is 18.1. The smallest absolute Gasteiger partial charge is 0.328 e. The van der Waals surface area contributed by atoms with Crippen molar-refractivity contribution >= 4 is 23.9 Å². The Kier molecular flexibility index (Phi) is 7.84. The van der Waals surface area contributed by atoms with Crippen molar-refractivity contribution in [2.24, 2.45) is 0 Å². The predicted molar refractivity (Wildman–Crippen MR) is 86.7 cm³/mol. The summed E-state index contributed by atoms with van der Waals surface area (Å²) in [6.07, 6.45) is 1.09. The molecule has 0 fully saturated rings. The number of amides is 1. The number of carbonyl (C=O) groups excluding carboxylic acids is 3. The maximum absolute atomic E-state index is 12.4. The van der Waals surface area contributed by atoms with Gasteiger partial charge in [-0.25, -0.2) is 4.79 Å². The number of rotatable bonds is 10. The minimum absolute atomic E-state index is 0.0399. The normalized spacial score (nSPS) is 13.2. The molecular weight excluding hydrogens is 314 g/mol. The molecule has 1 aromatic rings. The van der Waals surface area contributed by atoms with Crippen LogP contribution in [0.2, 0.25) is 0 Å². The fraction of sp³-hybridized carbons (Fsp3) is 0.500. The zero-order valence-electron chi connectivity index (χ0n) is 14.0. The van der Waals surface area contributed by atoms with Crippen molar-refractivity contribution in [3.8, 4) is 0 Å². The van der Waals surface area contributed by atoms with Crippen LogP contribution in [-0.2, 0) is 23.9 Å². The van der Waals surface area contributed by atoms with Gasteiger partial charge in [0.05, 0.1) is 18.0 Å². The van der Waals surface area contributed by atoms with Gasteiger partial charge < -0.3 is 25.2 Å². The number of esters is 1. The minimum Gasteiger partial charge on any atom is -0.461 e. The molecule has 0 aliphatic carbocycles. The lowest BCUT2D eigenvalue weighted by Crippen LogP contribution is -2.45. The highest BCUT2D eigenvalue weighted by atomic mass is 16.5. The number of Topliss-reactive ketones (excluding diaryl/α,β-unsaturated/α-hetero) is 1. The van der Waals surface area contributed by atoms with Crippen molar-refractivity contribution in [1.29, 1.82) is 5.41 Å². The SMILES string of the molecule is CO[C@@H](C(=O)N[C@@H](CCC(=O)C=N)C(=O)OC(C)C)c1ccc[nH]1. The molecule has 0 saturated carbocycles. The first-order chi connectivity index (χ1) is 11.4. The molecule has 1 aromatic heterocycles. The Morgan fingerprint density at radius 2 is 2.08 bits per heavy atom. The molecule has 0 bridgehead atoms. The van der Waals surface area contributed by atoms with Crippen LogP contribution < -0.4 is 5.32 Å². The summed E-state index contributed by atoms with van der Waals surface area (Å²) in [6.45, 7) is 3.38. The van der Waals surface area contributed by atoms with Crippen molar-refractivity contribution < 1.29 is 23.9 Å². The van der Waals surface area contributed by atoms with E-state index in [2.05, 4.69) is 10.3 Å². The number of aromatic amines is 1. The third-order valence-electron chi connectivity index (χ3n) is 3.17. The van der Waals surface area contributed by atoms with E-state index in [0.29, 0.717) is 11.9 Å². The van der Waals surface area contributed by atoms with Crippen molar-refractivity contribution in [2.75, 3.05) is 7.11 Å². The number of hydrogen-bond acceptors (Lipinski definition) is 6. The number of H-pyrrole nitrogens is 1. The number of nitrogens with one attached hydrogen (secondary N) is 3. The van der Waals surface area contributed by atoms with Gasteiger partial charge in [-0.15, -0.1) is 0 Å². The molecule has 0 aliphatic rings. The Morgan fingerprint density at radius 1 is 1.38 bits per heavy atom. The number of carbonyl (C=O) groups is 3. The topological polar surface area (TPSA) is 121 Å². The highest BCUT2D eigenvalue weighted by molar-refractivity contribution is 6.26. The van der Waals surface area contributed by atoms with Gasteiger partial charge in [0.2, 0.25) is 0 Å². The summed E-state index contributed by atoms with van der Waals surface area (Å²) < 4.78 is 10.3. The van der Waals surface area contributed by atoms with Gasteiger partial charge in [-0.05, 0) is 32.4 Å². The molecule has 1 rings (SSSR count). The first-order valence-corrected chi connectivity index (χ1v) is 7.59. The summed E-state index contributed by atoms with van der Waals surface area (Å²) in [5.74, 6) is -1.58. The van der Waals surface area contributed by atoms with Gasteiger partial charge in [-0.2, -0.15) is 0 Å². The molecule has 0 saturated heterocycles. The minimum atomic E-state index is -0.989. The van der Waals surface area contributed by atoms with Crippen molar-refractivity contribution in [3.05, 3.63) is 24.0 Å². The second-order valence-corrected chi connectivity index (χ2v) is 5.44. The average molecular weight is 337 g/mol. The number of aromatic nitrogens is 1. The lowest BCUT2D eigenvalue weighted by atomic mass is 10.1. The number of ketones is 1. The van der Waals surface area contributed by atoms with Crippen molar-refractivity contribution in [2.45, 2.75) is 44.9 Å². The Bertz CT molecular complexity index is 568. The maximum atomic E-state index is 12.4. The van der Waals surface area contributed by atoms with E-state index in [1.165, 1.54) is 7.11 Å². The molecule has 132 valence electrons. The van der Waals surface area contributed by atoms with Gasteiger partial charge in [-0.3, -0.25) is 9.59 Å². The molecule has 0 aliphatic heterocycles. The van der Waals surface area contributed by atoms with E-state index in [9.17, 15) is 14.4 Å². The Balaban J connectivity index is 2.81. The lowest BCUT2D eigenvalue weighted by Gasteiger charge is -2.21. The molecule has 8 heteroatoms. The van der Waals surface area contributed by atoms with Crippen molar-refractivity contribution in [3.63, 3.8) is 0 Å². The van der Waals surface area contributed by atoms with Crippen LogP contribution in [0.15, 0.2) is 18.3 Å². The van der Waals surface area contributed by atoms with Crippen LogP contribution in [-0.4, -0.2) is 48.1 Å². The highest BCUT2D eigenvalue weighted by Crippen LogP contribution is 2.15. The van der Waals surface area contributed by atoms with E-state index in [1.54, 1.807) is 32.2 Å². The molecule has 3 N–H and O–H groups in total.